The largest absolute Gasteiger partial charge is 0.422 e. The SMILES string of the molecule is CCN(CC)c1ccc2cc(C(=O)NCC(=O)Nc3ccc(/C=C/C(C=O)=C\C=O)cc3)c(=O)oc2c1. The van der Waals surface area contributed by atoms with Gasteiger partial charge in [-0.2, -0.15) is 0 Å². The van der Waals surface area contributed by atoms with Crippen LogP contribution in [0.25, 0.3) is 17.0 Å². The molecule has 0 unspecified atom stereocenters. The van der Waals surface area contributed by atoms with Gasteiger partial charge < -0.3 is 20.0 Å². The van der Waals surface area contributed by atoms with Gasteiger partial charge in [0.25, 0.3) is 5.91 Å². The molecular formula is C28H27N3O6. The van der Waals surface area contributed by atoms with E-state index in [1.807, 2.05) is 19.9 Å². The lowest BCUT2D eigenvalue weighted by Crippen LogP contribution is -2.35. The van der Waals surface area contributed by atoms with Crippen molar-refractivity contribution in [2.75, 3.05) is 29.9 Å². The Hall–Kier alpha value is -4.79. The quantitative estimate of drug-likeness (QED) is 0.179. The van der Waals surface area contributed by atoms with Crippen LogP contribution in [0.2, 0.25) is 0 Å². The van der Waals surface area contributed by atoms with Crippen LogP contribution < -0.4 is 21.2 Å². The van der Waals surface area contributed by atoms with Gasteiger partial charge in [0.2, 0.25) is 5.91 Å². The zero-order valence-electron chi connectivity index (χ0n) is 20.5. The maximum absolute atomic E-state index is 12.6. The van der Waals surface area contributed by atoms with Gasteiger partial charge in [-0.1, -0.05) is 24.3 Å². The number of amides is 2. The number of nitrogens with one attached hydrogen (secondary N) is 2. The zero-order chi connectivity index (χ0) is 26.8. The van der Waals surface area contributed by atoms with Crippen molar-refractivity contribution in [1.82, 2.24) is 5.32 Å². The molecule has 0 atom stereocenters. The number of hydrogen-bond donors (Lipinski definition) is 2. The van der Waals surface area contributed by atoms with E-state index in [-0.39, 0.29) is 17.7 Å². The molecule has 1 heterocycles. The maximum Gasteiger partial charge on any atom is 0.349 e. The number of benzene rings is 2. The maximum atomic E-state index is 12.6. The van der Waals surface area contributed by atoms with Gasteiger partial charge in [-0.25, -0.2) is 4.79 Å². The molecule has 9 nitrogen and oxygen atoms in total. The van der Waals surface area contributed by atoms with E-state index in [1.54, 1.807) is 42.5 Å². The molecule has 3 rings (SSSR count). The second-order valence-electron chi connectivity index (χ2n) is 7.95. The molecule has 0 spiro atoms. The topological polar surface area (TPSA) is 126 Å². The lowest BCUT2D eigenvalue weighted by molar-refractivity contribution is -0.115. The average Bonchev–Trinajstić information content (AvgIpc) is 2.90. The first-order valence-corrected chi connectivity index (χ1v) is 11.7. The first-order valence-electron chi connectivity index (χ1n) is 11.7. The van der Waals surface area contributed by atoms with E-state index < -0.39 is 17.4 Å². The van der Waals surface area contributed by atoms with Gasteiger partial charge >= 0.3 is 5.63 Å². The van der Waals surface area contributed by atoms with Gasteiger partial charge in [0, 0.05) is 41.5 Å². The Morgan fingerprint density at radius 1 is 1.00 bits per heavy atom. The molecule has 1 aromatic heterocycles. The third kappa shape index (κ3) is 7.11. The van der Waals surface area contributed by atoms with Crippen LogP contribution in [0.4, 0.5) is 11.4 Å². The van der Waals surface area contributed by atoms with Crippen molar-refractivity contribution in [3.8, 4) is 0 Å². The van der Waals surface area contributed by atoms with Crippen LogP contribution in [0.15, 0.2) is 75.5 Å². The molecule has 0 aliphatic carbocycles. The van der Waals surface area contributed by atoms with Gasteiger partial charge in [-0.05, 0) is 55.8 Å². The Labute approximate surface area is 213 Å². The Bertz CT molecular complexity index is 1420. The number of rotatable bonds is 11. The number of hydrogen-bond acceptors (Lipinski definition) is 7. The van der Waals surface area contributed by atoms with E-state index in [4.69, 9.17) is 4.42 Å². The summed E-state index contributed by atoms with van der Waals surface area (Å²) in [5.74, 6) is -1.20. The Kier molecular flexibility index (Phi) is 9.26. The number of nitrogens with zero attached hydrogens (tertiary/aromatic N) is 1. The standard InChI is InChI=1S/C28H27N3O6/c1-3-31(4-2)23-12-9-21-15-24(28(36)37-25(21)16-23)27(35)29-17-26(34)30-22-10-7-19(8-11-22)5-6-20(18-33)13-14-32/h5-16,18H,3-4,17H2,1-2H3,(H,29,35)(H,30,34)/b6-5+,20-13+. The molecular weight excluding hydrogens is 474 g/mol. The van der Waals surface area contributed by atoms with Crippen molar-refractivity contribution in [2.24, 2.45) is 0 Å². The molecule has 3 aromatic rings. The Morgan fingerprint density at radius 3 is 2.38 bits per heavy atom. The zero-order valence-corrected chi connectivity index (χ0v) is 20.5. The van der Waals surface area contributed by atoms with Crippen LogP contribution in [0, 0.1) is 0 Å². The Balaban J connectivity index is 1.61. The number of aldehydes is 2. The molecule has 2 amide bonds. The summed E-state index contributed by atoms with van der Waals surface area (Å²) in [5.41, 5.74) is 1.79. The van der Waals surface area contributed by atoms with Gasteiger partial charge in [-0.3, -0.25) is 19.2 Å². The number of anilines is 2. The molecule has 0 saturated carbocycles. The van der Waals surface area contributed by atoms with E-state index in [0.29, 0.717) is 29.2 Å². The second kappa shape index (κ2) is 12.8. The summed E-state index contributed by atoms with van der Waals surface area (Å²) in [6, 6.07) is 13.6. The highest BCUT2D eigenvalue weighted by Crippen LogP contribution is 2.22. The van der Waals surface area contributed by atoms with E-state index >= 15 is 0 Å². The molecule has 0 radical (unpaired) electrons. The summed E-state index contributed by atoms with van der Waals surface area (Å²) in [7, 11) is 0. The molecule has 0 aliphatic rings. The number of carbonyl (C=O) groups is 4. The van der Waals surface area contributed by atoms with Crippen LogP contribution in [-0.4, -0.2) is 44.0 Å². The summed E-state index contributed by atoms with van der Waals surface area (Å²) in [5, 5.41) is 5.68. The van der Waals surface area contributed by atoms with Crippen molar-refractivity contribution < 1.29 is 23.6 Å². The van der Waals surface area contributed by atoms with Gasteiger partial charge in [-0.15, -0.1) is 0 Å². The van der Waals surface area contributed by atoms with E-state index in [0.717, 1.165) is 30.4 Å². The predicted octanol–water partition coefficient (Wildman–Crippen LogP) is 3.35. The van der Waals surface area contributed by atoms with Crippen molar-refractivity contribution in [2.45, 2.75) is 13.8 Å². The number of carbonyl (C=O) groups excluding carboxylic acids is 4. The minimum atomic E-state index is -0.786. The van der Waals surface area contributed by atoms with Crippen LogP contribution in [0.5, 0.6) is 0 Å². The average molecular weight is 502 g/mol. The molecule has 0 aliphatic heterocycles. The van der Waals surface area contributed by atoms with Crippen LogP contribution >= 0.6 is 0 Å². The van der Waals surface area contributed by atoms with Gasteiger partial charge in [0.1, 0.15) is 23.7 Å². The third-order valence-corrected chi connectivity index (χ3v) is 5.56. The summed E-state index contributed by atoms with van der Waals surface area (Å²) < 4.78 is 5.37. The van der Waals surface area contributed by atoms with Crippen LogP contribution in [0.3, 0.4) is 0 Å². The fraction of sp³-hybridized carbons (Fsp3) is 0.179. The van der Waals surface area contributed by atoms with Crippen LogP contribution in [0.1, 0.15) is 29.8 Å². The molecule has 0 bridgehead atoms. The van der Waals surface area contributed by atoms with E-state index in [2.05, 4.69) is 15.5 Å². The predicted molar refractivity (Wildman–Crippen MR) is 143 cm³/mol. The first-order chi connectivity index (χ1) is 17.9. The minimum absolute atomic E-state index is 0.189. The van der Waals surface area contributed by atoms with E-state index in [1.165, 1.54) is 12.1 Å². The fourth-order valence-electron chi connectivity index (χ4n) is 3.59. The van der Waals surface area contributed by atoms with E-state index in [9.17, 15) is 24.0 Å². The fourth-order valence-corrected chi connectivity index (χ4v) is 3.59. The monoisotopic (exact) mass is 501 g/mol. The summed E-state index contributed by atoms with van der Waals surface area (Å²) in [6.45, 7) is 5.32. The summed E-state index contributed by atoms with van der Waals surface area (Å²) in [4.78, 5) is 60.7. The minimum Gasteiger partial charge on any atom is -0.422 e. The highest BCUT2D eigenvalue weighted by Gasteiger charge is 2.15. The van der Waals surface area contributed by atoms with Crippen molar-refractivity contribution in [3.63, 3.8) is 0 Å². The molecule has 0 fully saturated rings. The number of fused-ring (bicyclic) bond motifs is 1. The van der Waals surface area contributed by atoms with Gasteiger partial charge in [0.05, 0.1) is 6.54 Å². The molecule has 9 heteroatoms. The summed E-state index contributed by atoms with van der Waals surface area (Å²) in [6.07, 6.45) is 5.39. The lowest BCUT2D eigenvalue weighted by atomic mass is 10.1. The smallest absolute Gasteiger partial charge is 0.349 e. The molecule has 190 valence electrons. The summed E-state index contributed by atoms with van der Waals surface area (Å²) >= 11 is 0. The molecule has 2 N–H and O–H groups in total. The van der Waals surface area contributed by atoms with Crippen molar-refractivity contribution >= 4 is 52.8 Å². The van der Waals surface area contributed by atoms with Crippen molar-refractivity contribution in [3.05, 3.63) is 87.8 Å². The first kappa shape index (κ1) is 26.8. The van der Waals surface area contributed by atoms with Gasteiger partial charge in [0.15, 0.2) is 0 Å². The molecule has 2 aromatic carbocycles. The Morgan fingerprint density at radius 2 is 1.73 bits per heavy atom. The normalized spacial score (nSPS) is 11.4. The highest BCUT2D eigenvalue weighted by molar-refractivity contribution is 6.00. The van der Waals surface area contributed by atoms with Crippen molar-refractivity contribution in [1.29, 1.82) is 0 Å². The number of allylic oxidation sites excluding steroid dienone is 3. The third-order valence-electron chi connectivity index (χ3n) is 5.56. The van der Waals surface area contributed by atoms with Crippen LogP contribution in [-0.2, 0) is 14.4 Å². The molecule has 37 heavy (non-hydrogen) atoms. The molecule has 0 saturated heterocycles. The highest BCUT2D eigenvalue weighted by atomic mass is 16.4. The lowest BCUT2D eigenvalue weighted by Gasteiger charge is -2.21. The second-order valence-corrected chi connectivity index (χ2v) is 7.95.